The molecule has 3 heterocycles. The van der Waals surface area contributed by atoms with Crippen molar-refractivity contribution in [1.82, 2.24) is 0 Å². The Hall–Kier alpha value is -4.24. The Bertz CT molecular complexity index is 2900. The molecule has 0 aromatic heterocycles. The predicted octanol–water partition coefficient (Wildman–Crippen LogP) is 14.8. The quantitative estimate of drug-likeness (QED) is 0.160. The van der Waals surface area contributed by atoms with Crippen molar-refractivity contribution in [2.75, 3.05) is 9.80 Å². The maximum absolute atomic E-state index is 2.85. The molecule has 2 nitrogen and oxygen atoms in total. The van der Waals surface area contributed by atoms with Crippen molar-refractivity contribution in [2.24, 2.45) is 0 Å². The third kappa shape index (κ3) is 5.48. The fourth-order valence-corrected chi connectivity index (χ4v) is 15.3. The van der Waals surface area contributed by atoms with Gasteiger partial charge in [-0.3, -0.25) is 0 Å². The second kappa shape index (κ2) is 12.8. The molecule has 0 radical (unpaired) electrons. The van der Waals surface area contributed by atoms with Gasteiger partial charge in [0, 0.05) is 33.9 Å². The summed E-state index contributed by atoms with van der Waals surface area (Å²) < 4.78 is 0. The van der Waals surface area contributed by atoms with Gasteiger partial charge in [0.2, 0.25) is 6.71 Å². The second-order valence-corrected chi connectivity index (χ2v) is 26.8. The molecule has 65 heavy (non-hydrogen) atoms. The Morgan fingerprint density at radius 3 is 1.54 bits per heavy atom. The van der Waals surface area contributed by atoms with Crippen LogP contribution in [0.25, 0.3) is 11.1 Å². The predicted molar refractivity (Wildman–Crippen MR) is 280 cm³/mol. The van der Waals surface area contributed by atoms with Crippen molar-refractivity contribution in [1.29, 1.82) is 0 Å². The molecule has 0 N–H and O–H groups in total. The van der Waals surface area contributed by atoms with E-state index in [1.54, 1.807) is 22.3 Å². The van der Waals surface area contributed by atoms with Gasteiger partial charge in [-0.2, -0.15) is 0 Å². The van der Waals surface area contributed by atoms with Crippen LogP contribution in [-0.4, -0.2) is 12.3 Å². The van der Waals surface area contributed by atoms with Gasteiger partial charge in [-0.05, 0) is 188 Å². The Labute approximate surface area is 393 Å². The van der Waals surface area contributed by atoms with Gasteiger partial charge in [0.1, 0.15) is 0 Å². The molecule has 2 unspecified atom stereocenters. The van der Waals surface area contributed by atoms with Crippen molar-refractivity contribution >= 4 is 51.5 Å². The highest BCUT2D eigenvalue weighted by molar-refractivity contribution is 7.01. The van der Waals surface area contributed by atoms with Crippen molar-refractivity contribution in [2.45, 2.75) is 205 Å². The van der Waals surface area contributed by atoms with Gasteiger partial charge in [-0.25, -0.2) is 0 Å². The first kappa shape index (κ1) is 42.1. The van der Waals surface area contributed by atoms with E-state index in [2.05, 4.69) is 186 Å². The lowest BCUT2D eigenvalue weighted by molar-refractivity contribution is 0.195. The van der Waals surface area contributed by atoms with E-state index in [-0.39, 0.29) is 50.2 Å². The van der Waals surface area contributed by atoms with Crippen LogP contribution in [-0.2, 0) is 37.9 Å². The molecular weight excluding hydrogens is 784 g/mol. The van der Waals surface area contributed by atoms with Gasteiger partial charge in [0.15, 0.2) is 0 Å². The third-order valence-corrected chi connectivity index (χ3v) is 20.2. The highest BCUT2D eigenvalue weighted by atomic mass is 15.3. The molecule has 3 aliphatic heterocycles. The summed E-state index contributed by atoms with van der Waals surface area (Å²) in [6, 6.07) is 33.4. The summed E-state index contributed by atoms with van der Waals surface area (Å²) in [5.74, 6) is 0. The second-order valence-electron chi connectivity index (χ2n) is 26.8. The lowest BCUT2D eigenvalue weighted by atomic mass is 9.36. The summed E-state index contributed by atoms with van der Waals surface area (Å²) in [4.78, 5) is 5.63. The number of nitrogens with zero attached hydrogens (tertiary/aromatic N) is 2. The normalized spacial score (nSPS) is 27.1. The molecule has 7 aliphatic rings. The maximum atomic E-state index is 2.85. The number of para-hydroxylation sites is 1. The summed E-state index contributed by atoms with van der Waals surface area (Å²) in [5.41, 5.74) is 25.9. The Morgan fingerprint density at radius 2 is 0.908 bits per heavy atom. The number of hydrogen-bond donors (Lipinski definition) is 0. The first-order valence-electron chi connectivity index (χ1n) is 25.8. The van der Waals surface area contributed by atoms with Gasteiger partial charge in [0.25, 0.3) is 0 Å². The van der Waals surface area contributed by atoms with Crippen molar-refractivity contribution in [3.8, 4) is 11.1 Å². The number of rotatable bonds is 2. The monoisotopic (exact) mass is 859 g/mol. The Balaban J connectivity index is 1.21. The maximum Gasteiger partial charge on any atom is 0.248 e. The molecule has 0 spiro atoms. The Kier molecular flexibility index (Phi) is 8.33. The van der Waals surface area contributed by atoms with Gasteiger partial charge in [-0.15, -0.1) is 0 Å². The van der Waals surface area contributed by atoms with E-state index >= 15 is 0 Å². The molecule has 4 aliphatic carbocycles. The molecule has 5 aromatic carbocycles. The van der Waals surface area contributed by atoms with Crippen LogP contribution in [0, 0.1) is 0 Å². The lowest BCUT2D eigenvalue weighted by Crippen LogP contribution is -2.56. The highest BCUT2D eigenvalue weighted by Crippen LogP contribution is 2.62. The zero-order valence-electron chi connectivity index (χ0n) is 42.5. The zero-order valence-corrected chi connectivity index (χ0v) is 42.5. The van der Waals surface area contributed by atoms with E-state index in [0.717, 1.165) is 0 Å². The molecule has 5 aromatic rings. The van der Waals surface area contributed by atoms with Gasteiger partial charge < -0.3 is 9.80 Å². The standard InChI is InChI=1S/C62H75BN2/c1-55(2)25-26-56(3,4)44-32-38(21-22-42(44)55)64-52-37-48-47(59(9,10)29-30-60(48,11)12)36-50(52)63-49-35-46-45(57(5,6)27-28-58(46,7)8)34-40(49)41-31-39(33-53(64)54(41)63)65-51-20-16-15-19-43(51)61(13)23-17-18-24-62(61,65)14/h15-16,19-22,31-37H,17-18,23-30H2,1-14H3. The number of anilines is 5. The largest absolute Gasteiger partial charge is 0.334 e. The van der Waals surface area contributed by atoms with Gasteiger partial charge >= 0.3 is 0 Å². The molecular formula is C62H75BN2. The van der Waals surface area contributed by atoms with Crippen LogP contribution in [0.2, 0.25) is 0 Å². The third-order valence-electron chi connectivity index (χ3n) is 20.2. The smallest absolute Gasteiger partial charge is 0.248 e. The van der Waals surface area contributed by atoms with Crippen LogP contribution in [0.1, 0.15) is 200 Å². The highest BCUT2D eigenvalue weighted by Gasteiger charge is 2.58. The summed E-state index contributed by atoms with van der Waals surface area (Å²) >= 11 is 0. The molecule has 336 valence electrons. The fourth-order valence-electron chi connectivity index (χ4n) is 15.3. The number of benzene rings is 5. The number of fused-ring (bicyclic) bond motifs is 11. The van der Waals surface area contributed by atoms with Crippen LogP contribution in [0.4, 0.5) is 28.4 Å². The average Bonchev–Trinajstić information content (AvgIpc) is 3.68. The van der Waals surface area contributed by atoms with Crippen LogP contribution < -0.4 is 26.2 Å². The topological polar surface area (TPSA) is 6.48 Å². The summed E-state index contributed by atoms with van der Waals surface area (Å²) in [6.45, 7) is 35.4. The molecule has 3 heteroatoms. The van der Waals surface area contributed by atoms with Crippen molar-refractivity contribution in [3.63, 3.8) is 0 Å². The van der Waals surface area contributed by atoms with Crippen LogP contribution >= 0.6 is 0 Å². The molecule has 1 saturated carbocycles. The van der Waals surface area contributed by atoms with Crippen LogP contribution in [0.3, 0.4) is 0 Å². The first-order valence-corrected chi connectivity index (χ1v) is 25.8. The minimum absolute atomic E-state index is 0.0356. The minimum atomic E-state index is -0.0356. The molecule has 1 fully saturated rings. The van der Waals surface area contributed by atoms with Crippen LogP contribution in [0.15, 0.2) is 78.9 Å². The van der Waals surface area contributed by atoms with Gasteiger partial charge in [0.05, 0.1) is 5.54 Å². The average molecular weight is 859 g/mol. The van der Waals surface area contributed by atoms with E-state index in [0.29, 0.717) is 0 Å². The van der Waals surface area contributed by atoms with Crippen molar-refractivity contribution < 1.29 is 0 Å². The molecule has 2 atom stereocenters. The van der Waals surface area contributed by atoms with Crippen LogP contribution in [0.5, 0.6) is 0 Å². The molecule has 0 amide bonds. The minimum Gasteiger partial charge on any atom is -0.334 e. The first-order chi connectivity index (χ1) is 30.4. The molecule has 12 rings (SSSR count). The van der Waals surface area contributed by atoms with Gasteiger partial charge in [-0.1, -0.05) is 151 Å². The number of hydrogen-bond acceptors (Lipinski definition) is 2. The van der Waals surface area contributed by atoms with E-state index < -0.39 is 0 Å². The molecule has 0 saturated heterocycles. The summed E-state index contributed by atoms with van der Waals surface area (Å²) in [5, 5.41) is 0. The van der Waals surface area contributed by atoms with E-state index in [9.17, 15) is 0 Å². The van der Waals surface area contributed by atoms with E-state index in [1.165, 1.54) is 137 Å². The lowest BCUT2D eigenvalue weighted by Gasteiger charge is -2.50. The van der Waals surface area contributed by atoms with E-state index in [1.807, 2.05) is 0 Å². The fraction of sp³-hybridized carbons (Fsp3) is 0.516. The summed E-state index contributed by atoms with van der Waals surface area (Å²) in [6.07, 6.45) is 12.3. The summed E-state index contributed by atoms with van der Waals surface area (Å²) in [7, 11) is 0. The SMILES string of the molecule is CC1(C)CCC(C)(C)c2cc(N3c4cc5c(cc4B4c6cc7c(cc6-c6cc(N8c9ccccc9C9(C)CCCCC89C)cc3c64)C(C)(C)CCC7(C)C)C(C)(C)CCC5(C)C)ccc21. The van der Waals surface area contributed by atoms with Crippen molar-refractivity contribution in [3.05, 3.63) is 118 Å². The zero-order chi connectivity index (χ0) is 45.8. The van der Waals surface area contributed by atoms with E-state index in [4.69, 9.17) is 0 Å². The molecule has 0 bridgehead atoms. The Morgan fingerprint density at radius 1 is 0.385 bits per heavy atom.